The Morgan fingerprint density at radius 3 is 1.78 bits per heavy atom. The van der Waals surface area contributed by atoms with Gasteiger partial charge in [-0.25, -0.2) is 0 Å². The summed E-state index contributed by atoms with van der Waals surface area (Å²) in [5, 5.41) is 11.9. The molecule has 0 heterocycles. The fraction of sp³-hybridized carbons (Fsp3) is 0.297. The summed E-state index contributed by atoms with van der Waals surface area (Å²) in [4.78, 5) is 48.7. The van der Waals surface area contributed by atoms with Gasteiger partial charge in [-0.2, -0.15) is 0 Å². The summed E-state index contributed by atoms with van der Waals surface area (Å²) < 4.78 is 13.5. The summed E-state index contributed by atoms with van der Waals surface area (Å²) in [6, 6.07) is 31.2. The molecule has 0 aliphatic carbocycles. The van der Waals surface area contributed by atoms with E-state index in [-0.39, 0.29) is 19.4 Å². The molecule has 9 heteroatoms. The molecule has 8 nitrogen and oxygen atoms in total. The molecule has 2 atom stereocenters. The quantitative estimate of drug-likeness (QED) is 0.0957. The van der Waals surface area contributed by atoms with Gasteiger partial charge in [0.1, 0.15) is 6.04 Å². The Kier molecular flexibility index (Phi) is 12.3. The maximum Gasteiger partial charge on any atom is 0.352 e. The van der Waals surface area contributed by atoms with Gasteiger partial charge in [-0.05, 0) is 58.4 Å². The molecule has 4 rings (SSSR count). The van der Waals surface area contributed by atoms with E-state index in [1.807, 2.05) is 78.9 Å². The molecule has 0 aliphatic heterocycles. The van der Waals surface area contributed by atoms with Crippen LogP contribution in [0.3, 0.4) is 0 Å². The van der Waals surface area contributed by atoms with Gasteiger partial charge < -0.3 is 25.1 Å². The third-order valence-electron chi connectivity index (χ3n) is 7.94. The average Bonchev–Trinajstić information content (AvgIpc) is 3.04. The molecule has 0 saturated heterocycles. The van der Waals surface area contributed by atoms with Gasteiger partial charge in [-0.1, -0.05) is 118 Å². The zero-order valence-electron chi connectivity index (χ0n) is 26.4. The van der Waals surface area contributed by atoms with Gasteiger partial charge in [-0.3, -0.25) is 14.2 Å². The molecule has 0 saturated carbocycles. The molecule has 4 aromatic carbocycles. The van der Waals surface area contributed by atoms with Gasteiger partial charge in [-0.15, -0.1) is 0 Å². The lowest BCUT2D eigenvalue weighted by Gasteiger charge is -2.40. The molecule has 0 radical (unpaired) electrons. The first-order valence-electron chi connectivity index (χ1n) is 15.8. The molecule has 1 unspecified atom stereocenters. The lowest BCUT2D eigenvalue weighted by Crippen LogP contribution is -2.50. The number of hydrogen-bond acceptors (Lipinski definition) is 4. The van der Waals surface area contributed by atoms with Crippen LogP contribution in [0.5, 0.6) is 0 Å². The maximum atomic E-state index is 14.0. The predicted molar refractivity (Wildman–Crippen MR) is 183 cm³/mol. The Morgan fingerprint density at radius 1 is 0.739 bits per heavy atom. The fourth-order valence-electron chi connectivity index (χ4n) is 5.69. The van der Waals surface area contributed by atoms with Crippen molar-refractivity contribution in [2.75, 3.05) is 11.4 Å². The second kappa shape index (κ2) is 16.4. The van der Waals surface area contributed by atoms with Crippen LogP contribution in [0.15, 0.2) is 103 Å². The van der Waals surface area contributed by atoms with Crippen molar-refractivity contribution in [3.63, 3.8) is 0 Å². The first kappa shape index (κ1) is 34.6. The predicted octanol–water partition coefficient (Wildman–Crippen LogP) is 7.14. The molecule has 4 aromatic rings. The van der Waals surface area contributed by atoms with Crippen LogP contribution in [-0.4, -0.2) is 39.4 Å². The number of carboxylic acids is 1. The minimum absolute atomic E-state index is 0.118. The van der Waals surface area contributed by atoms with E-state index in [0.717, 1.165) is 53.5 Å². The van der Waals surface area contributed by atoms with Crippen LogP contribution in [0.25, 0.3) is 11.1 Å². The largest absolute Gasteiger partial charge is 0.481 e. The van der Waals surface area contributed by atoms with Crippen molar-refractivity contribution in [1.82, 2.24) is 5.32 Å². The smallest absolute Gasteiger partial charge is 0.352 e. The summed E-state index contributed by atoms with van der Waals surface area (Å²) in [6.45, 7) is 4.02. The molecular formula is C37H43N2O6P. The number of anilines is 1. The van der Waals surface area contributed by atoms with E-state index in [1.54, 1.807) is 24.3 Å². The van der Waals surface area contributed by atoms with Crippen molar-refractivity contribution < 1.29 is 29.0 Å². The van der Waals surface area contributed by atoms with Crippen LogP contribution in [0.1, 0.15) is 61.1 Å². The highest BCUT2D eigenvalue weighted by molar-refractivity contribution is 7.52. The van der Waals surface area contributed by atoms with Crippen molar-refractivity contribution in [3.05, 3.63) is 125 Å². The van der Waals surface area contributed by atoms with Crippen LogP contribution in [0, 0.1) is 0 Å². The number of rotatable bonds is 16. The van der Waals surface area contributed by atoms with E-state index in [9.17, 15) is 29.0 Å². The SMILES string of the molecule is CCCc1ccc(C(N(c2ccc(CCC)cc2)[C@@H](Cc2ccc(-c3ccccc3)cc2)C(=O)NCCC(=O)O)P(=O)(O)O)cc1. The number of nitrogens with zero attached hydrogens (tertiary/aromatic N) is 1. The molecular weight excluding hydrogens is 599 g/mol. The van der Waals surface area contributed by atoms with Crippen molar-refractivity contribution in [2.45, 2.75) is 64.2 Å². The lowest BCUT2D eigenvalue weighted by molar-refractivity contribution is -0.136. The Morgan fingerprint density at radius 2 is 1.26 bits per heavy atom. The molecule has 0 spiro atoms. The molecule has 0 aromatic heterocycles. The second-order valence-electron chi connectivity index (χ2n) is 11.5. The highest BCUT2D eigenvalue weighted by atomic mass is 31.2. The van der Waals surface area contributed by atoms with Gasteiger partial charge in [0.25, 0.3) is 0 Å². The van der Waals surface area contributed by atoms with E-state index < -0.39 is 31.3 Å². The third-order valence-corrected chi connectivity index (χ3v) is 9.12. The van der Waals surface area contributed by atoms with Gasteiger partial charge in [0.05, 0.1) is 6.42 Å². The Hall–Kier alpha value is -4.23. The summed E-state index contributed by atoms with van der Waals surface area (Å²) in [7, 11) is -4.91. The topological polar surface area (TPSA) is 127 Å². The number of carbonyl (C=O) groups excluding carboxylic acids is 1. The van der Waals surface area contributed by atoms with Gasteiger partial charge in [0, 0.05) is 18.7 Å². The molecule has 0 fully saturated rings. The first-order chi connectivity index (χ1) is 22.1. The number of carbonyl (C=O) groups is 2. The van der Waals surface area contributed by atoms with Crippen molar-refractivity contribution >= 4 is 25.2 Å². The van der Waals surface area contributed by atoms with Gasteiger partial charge in [0.15, 0.2) is 5.78 Å². The van der Waals surface area contributed by atoms with Crippen molar-refractivity contribution in [1.29, 1.82) is 0 Å². The Labute approximate surface area is 271 Å². The van der Waals surface area contributed by atoms with Crippen LogP contribution in [0.2, 0.25) is 0 Å². The normalized spacial score (nSPS) is 12.7. The minimum atomic E-state index is -4.91. The molecule has 0 bridgehead atoms. The van der Waals surface area contributed by atoms with E-state index in [0.29, 0.717) is 11.3 Å². The monoisotopic (exact) mass is 642 g/mol. The summed E-state index contributed by atoms with van der Waals surface area (Å²) in [6.07, 6.45) is 3.38. The number of benzene rings is 4. The number of carboxylic acid groups (broad SMARTS) is 1. The van der Waals surface area contributed by atoms with Crippen molar-refractivity contribution in [2.24, 2.45) is 0 Å². The van der Waals surface area contributed by atoms with E-state index in [1.165, 1.54) is 4.90 Å². The van der Waals surface area contributed by atoms with E-state index in [2.05, 4.69) is 19.2 Å². The summed E-state index contributed by atoms with van der Waals surface area (Å²) in [5.74, 6) is -3.05. The number of aliphatic carboxylic acids is 1. The van der Waals surface area contributed by atoms with Gasteiger partial charge >= 0.3 is 13.6 Å². The number of amides is 1. The maximum absolute atomic E-state index is 14.0. The Bertz CT molecular complexity index is 1600. The molecule has 0 aliphatic rings. The molecule has 4 N–H and O–H groups in total. The lowest BCUT2D eigenvalue weighted by atomic mass is 9.98. The van der Waals surface area contributed by atoms with Gasteiger partial charge in [0.2, 0.25) is 5.91 Å². The second-order valence-corrected chi connectivity index (χ2v) is 13.2. The van der Waals surface area contributed by atoms with Crippen LogP contribution >= 0.6 is 7.60 Å². The molecule has 242 valence electrons. The number of aryl methyl sites for hydroxylation is 2. The summed E-state index contributed by atoms with van der Waals surface area (Å²) in [5.41, 5.74) is 5.80. The number of hydrogen-bond donors (Lipinski definition) is 4. The Balaban J connectivity index is 1.83. The third kappa shape index (κ3) is 9.39. The van der Waals surface area contributed by atoms with Crippen molar-refractivity contribution in [3.8, 4) is 11.1 Å². The highest BCUT2D eigenvalue weighted by Crippen LogP contribution is 2.55. The zero-order chi connectivity index (χ0) is 33.1. The van der Waals surface area contributed by atoms with E-state index in [4.69, 9.17) is 0 Å². The average molecular weight is 643 g/mol. The van der Waals surface area contributed by atoms with E-state index >= 15 is 0 Å². The minimum Gasteiger partial charge on any atom is -0.481 e. The fourth-order valence-corrected chi connectivity index (χ4v) is 6.87. The van der Waals surface area contributed by atoms with Crippen LogP contribution in [0.4, 0.5) is 5.69 Å². The summed E-state index contributed by atoms with van der Waals surface area (Å²) >= 11 is 0. The highest BCUT2D eigenvalue weighted by Gasteiger charge is 2.42. The van der Waals surface area contributed by atoms with Crippen LogP contribution in [-0.2, 0) is 33.4 Å². The number of nitrogens with one attached hydrogen (secondary N) is 1. The molecule has 1 amide bonds. The first-order valence-corrected chi connectivity index (χ1v) is 17.4. The standard InChI is InChI=1S/C37H43N2O6P/c1-3-8-27-12-20-32(21-13-27)37(46(43,44)45)39(33-22-16-28(9-4-2)17-23-33)34(36(42)38-25-24-35(40)41)26-29-14-18-31(19-15-29)30-10-6-5-7-11-30/h5-7,10-23,34,37H,3-4,8-9,24-26H2,1-2H3,(H,38,42)(H,40,41)(H2,43,44,45)/t34-,37?/m0/s1. The molecule has 46 heavy (non-hydrogen) atoms. The zero-order valence-corrected chi connectivity index (χ0v) is 27.3. The van der Waals surface area contributed by atoms with Crippen LogP contribution < -0.4 is 10.2 Å².